The second kappa shape index (κ2) is 6.35. The molecule has 110 valence electrons. The Morgan fingerprint density at radius 2 is 1.76 bits per heavy atom. The van der Waals surface area contributed by atoms with Gasteiger partial charge in [0.2, 0.25) is 0 Å². The number of carboxylic acids is 1. The fourth-order valence-corrected chi connectivity index (χ4v) is 2.06. The number of carbonyl (C=O) groups is 1. The molecular formula is C16H15F2NO2. The standard InChI is InChI=1S/C16H15F2NO2/c1-10-4-2-7-13(8-10)19-14(16(20)21)11-5-3-6-12(9-11)15(17)18/h2-9,14-15,19H,1H3,(H,20,21). The van der Waals surface area contributed by atoms with E-state index in [1.807, 2.05) is 13.0 Å². The van der Waals surface area contributed by atoms with E-state index in [2.05, 4.69) is 5.32 Å². The lowest BCUT2D eigenvalue weighted by molar-refractivity contribution is -0.138. The molecule has 21 heavy (non-hydrogen) atoms. The van der Waals surface area contributed by atoms with Crippen molar-refractivity contribution < 1.29 is 18.7 Å². The first-order valence-corrected chi connectivity index (χ1v) is 6.41. The maximum atomic E-state index is 12.7. The molecular weight excluding hydrogens is 276 g/mol. The van der Waals surface area contributed by atoms with Crippen LogP contribution in [0.25, 0.3) is 0 Å². The van der Waals surface area contributed by atoms with Gasteiger partial charge in [-0.2, -0.15) is 0 Å². The molecule has 2 aromatic rings. The van der Waals surface area contributed by atoms with E-state index in [4.69, 9.17) is 0 Å². The molecule has 0 heterocycles. The number of aryl methyl sites for hydroxylation is 1. The van der Waals surface area contributed by atoms with Gasteiger partial charge >= 0.3 is 5.97 Å². The molecule has 1 unspecified atom stereocenters. The van der Waals surface area contributed by atoms with E-state index in [1.165, 1.54) is 24.3 Å². The van der Waals surface area contributed by atoms with Crippen LogP contribution in [0.4, 0.5) is 14.5 Å². The van der Waals surface area contributed by atoms with Crippen LogP contribution in [-0.2, 0) is 4.79 Å². The molecule has 0 aliphatic rings. The Morgan fingerprint density at radius 3 is 2.38 bits per heavy atom. The van der Waals surface area contributed by atoms with Crippen molar-refractivity contribution in [2.24, 2.45) is 0 Å². The molecule has 0 aliphatic carbocycles. The van der Waals surface area contributed by atoms with Gasteiger partial charge in [-0.25, -0.2) is 13.6 Å². The molecule has 0 radical (unpaired) electrons. The number of carboxylic acid groups (broad SMARTS) is 1. The highest BCUT2D eigenvalue weighted by molar-refractivity contribution is 5.79. The predicted octanol–water partition coefficient (Wildman–Crippen LogP) is 4.17. The molecule has 2 N–H and O–H groups in total. The first-order chi connectivity index (χ1) is 9.97. The van der Waals surface area contributed by atoms with Gasteiger partial charge in [-0.3, -0.25) is 0 Å². The zero-order valence-electron chi connectivity index (χ0n) is 11.4. The zero-order valence-corrected chi connectivity index (χ0v) is 11.4. The van der Waals surface area contributed by atoms with Crippen LogP contribution in [-0.4, -0.2) is 11.1 Å². The molecule has 2 rings (SSSR count). The summed E-state index contributed by atoms with van der Waals surface area (Å²) in [5, 5.41) is 12.2. The number of benzene rings is 2. The van der Waals surface area contributed by atoms with Gasteiger partial charge in [-0.1, -0.05) is 30.3 Å². The summed E-state index contributed by atoms with van der Waals surface area (Å²) in [5.41, 5.74) is 1.71. The first kappa shape index (κ1) is 15.0. The van der Waals surface area contributed by atoms with E-state index in [0.29, 0.717) is 11.3 Å². The molecule has 0 saturated carbocycles. The molecule has 2 aromatic carbocycles. The van der Waals surface area contributed by atoms with Crippen LogP contribution in [0, 0.1) is 6.92 Å². The third kappa shape index (κ3) is 3.78. The monoisotopic (exact) mass is 291 g/mol. The predicted molar refractivity (Wildman–Crippen MR) is 76.6 cm³/mol. The average molecular weight is 291 g/mol. The van der Waals surface area contributed by atoms with Gasteiger partial charge in [0.05, 0.1) is 0 Å². The summed E-state index contributed by atoms with van der Waals surface area (Å²) in [6, 6.07) is 11.6. The van der Waals surface area contributed by atoms with Crippen molar-refractivity contribution in [1.82, 2.24) is 0 Å². The summed E-state index contributed by atoms with van der Waals surface area (Å²) in [5.74, 6) is -1.12. The van der Waals surface area contributed by atoms with Gasteiger partial charge in [0.25, 0.3) is 6.43 Å². The Bertz CT molecular complexity index is 644. The normalized spacial score (nSPS) is 12.2. The van der Waals surface area contributed by atoms with Gasteiger partial charge in [-0.15, -0.1) is 0 Å². The van der Waals surface area contributed by atoms with Crippen molar-refractivity contribution in [2.75, 3.05) is 5.32 Å². The molecule has 0 amide bonds. The van der Waals surface area contributed by atoms with Gasteiger partial charge in [0.15, 0.2) is 6.04 Å². The largest absolute Gasteiger partial charge is 0.479 e. The lowest BCUT2D eigenvalue weighted by Crippen LogP contribution is -2.20. The molecule has 0 saturated heterocycles. The molecule has 5 heteroatoms. The molecule has 0 spiro atoms. The quantitative estimate of drug-likeness (QED) is 0.869. The van der Waals surface area contributed by atoms with Gasteiger partial charge in [0, 0.05) is 11.3 Å². The van der Waals surface area contributed by atoms with Crippen molar-refractivity contribution >= 4 is 11.7 Å². The molecule has 1 atom stereocenters. The second-order valence-corrected chi connectivity index (χ2v) is 4.76. The van der Waals surface area contributed by atoms with Crippen molar-refractivity contribution in [2.45, 2.75) is 19.4 Å². The minimum absolute atomic E-state index is 0.190. The summed E-state index contributed by atoms with van der Waals surface area (Å²) in [4.78, 5) is 11.4. The Hall–Kier alpha value is -2.43. The maximum Gasteiger partial charge on any atom is 0.330 e. The number of aliphatic carboxylic acids is 1. The van der Waals surface area contributed by atoms with Crippen molar-refractivity contribution in [3.63, 3.8) is 0 Å². The summed E-state index contributed by atoms with van der Waals surface area (Å²) in [6.07, 6.45) is -2.63. The minimum atomic E-state index is -2.63. The van der Waals surface area contributed by atoms with E-state index in [0.717, 1.165) is 5.56 Å². The zero-order chi connectivity index (χ0) is 15.4. The van der Waals surface area contributed by atoms with Gasteiger partial charge in [-0.05, 0) is 36.2 Å². The molecule has 0 fully saturated rings. The highest BCUT2D eigenvalue weighted by atomic mass is 19.3. The number of hydrogen-bond donors (Lipinski definition) is 2. The minimum Gasteiger partial charge on any atom is -0.479 e. The smallest absolute Gasteiger partial charge is 0.330 e. The van der Waals surface area contributed by atoms with Gasteiger partial charge in [0.1, 0.15) is 0 Å². The highest BCUT2D eigenvalue weighted by Crippen LogP contribution is 2.25. The summed E-state index contributed by atoms with van der Waals surface area (Å²) in [6.45, 7) is 1.89. The number of halogens is 2. The molecule has 0 bridgehead atoms. The fraction of sp³-hybridized carbons (Fsp3) is 0.188. The van der Waals surface area contributed by atoms with E-state index in [9.17, 15) is 18.7 Å². The summed E-state index contributed by atoms with van der Waals surface area (Å²) < 4.78 is 25.4. The van der Waals surface area contributed by atoms with Crippen LogP contribution in [0.5, 0.6) is 0 Å². The Kier molecular flexibility index (Phi) is 4.52. The Balaban J connectivity index is 2.31. The number of anilines is 1. The number of alkyl halides is 2. The Labute approximate surface area is 121 Å². The topological polar surface area (TPSA) is 49.3 Å². The van der Waals surface area contributed by atoms with Crippen LogP contribution in [0.15, 0.2) is 48.5 Å². The van der Waals surface area contributed by atoms with E-state index < -0.39 is 18.4 Å². The van der Waals surface area contributed by atoms with Crippen molar-refractivity contribution in [3.05, 3.63) is 65.2 Å². The number of rotatable bonds is 5. The fourth-order valence-electron chi connectivity index (χ4n) is 2.06. The van der Waals surface area contributed by atoms with Crippen LogP contribution in [0.1, 0.15) is 29.2 Å². The van der Waals surface area contributed by atoms with Crippen LogP contribution < -0.4 is 5.32 Å². The van der Waals surface area contributed by atoms with Crippen molar-refractivity contribution in [3.8, 4) is 0 Å². The lowest BCUT2D eigenvalue weighted by atomic mass is 10.0. The molecule has 0 aliphatic heterocycles. The third-order valence-electron chi connectivity index (χ3n) is 3.07. The van der Waals surface area contributed by atoms with E-state index in [1.54, 1.807) is 18.2 Å². The second-order valence-electron chi connectivity index (χ2n) is 4.76. The van der Waals surface area contributed by atoms with Crippen LogP contribution in [0.2, 0.25) is 0 Å². The van der Waals surface area contributed by atoms with E-state index >= 15 is 0 Å². The third-order valence-corrected chi connectivity index (χ3v) is 3.07. The highest BCUT2D eigenvalue weighted by Gasteiger charge is 2.21. The SMILES string of the molecule is Cc1cccc(NC(C(=O)O)c2cccc(C(F)F)c2)c1. The lowest BCUT2D eigenvalue weighted by Gasteiger charge is -2.17. The van der Waals surface area contributed by atoms with E-state index in [-0.39, 0.29) is 5.56 Å². The van der Waals surface area contributed by atoms with Crippen molar-refractivity contribution in [1.29, 1.82) is 0 Å². The van der Waals surface area contributed by atoms with Gasteiger partial charge < -0.3 is 10.4 Å². The summed E-state index contributed by atoms with van der Waals surface area (Å²) >= 11 is 0. The average Bonchev–Trinajstić information content (AvgIpc) is 2.44. The summed E-state index contributed by atoms with van der Waals surface area (Å²) in [7, 11) is 0. The number of hydrogen-bond acceptors (Lipinski definition) is 2. The Morgan fingerprint density at radius 1 is 1.10 bits per heavy atom. The number of nitrogens with one attached hydrogen (secondary N) is 1. The van der Waals surface area contributed by atoms with Crippen LogP contribution >= 0.6 is 0 Å². The first-order valence-electron chi connectivity index (χ1n) is 6.41. The van der Waals surface area contributed by atoms with Crippen LogP contribution in [0.3, 0.4) is 0 Å². The molecule has 3 nitrogen and oxygen atoms in total. The maximum absolute atomic E-state index is 12.7. The molecule has 0 aromatic heterocycles.